The smallest absolute Gasteiger partial charge is 0.248 e. The summed E-state index contributed by atoms with van der Waals surface area (Å²) in [6.45, 7) is 4.12. The zero-order chi connectivity index (χ0) is 17.3. The third-order valence-electron chi connectivity index (χ3n) is 4.52. The Morgan fingerprint density at radius 3 is 2.26 bits per heavy atom. The maximum Gasteiger partial charge on any atom is 0.248 e. The number of aliphatic hydroxyl groups is 1. The van der Waals surface area contributed by atoms with Gasteiger partial charge in [0.2, 0.25) is 11.8 Å². The fourth-order valence-corrected chi connectivity index (χ4v) is 2.99. The van der Waals surface area contributed by atoms with Crippen molar-refractivity contribution in [3.63, 3.8) is 0 Å². The lowest BCUT2D eigenvalue weighted by Gasteiger charge is -2.29. The number of halogens is 2. The molecule has 0 aromatic heterocycles. The summed E-state index contributed by atoms with van der Waals surface area (Å²) in [4.78, 5) is 13.2. The Hall–Kier alpha value is -0.750. The van der Waals surface area contributed by atoms with Crippen LogP contribution in [0.2, 0.25) is 0 Å². The van der Waals surface area contributed by atoms with Gasteiger partial charge >= 0.3 is 0 Å². The largest absolute Gasteiger partial charge is 0.393 e. The first-order chi connectivity index (χ1) is 10.9. The second kappa shape index (κ2) is 10.2. The van der Waals surface area contributed by atoms with Crippen LogP contribution in [0.4, 0.5) is 8.78 Å². The Morgan fingerprint density at radius 1 is 1.22 bits per heavy atom. The number of rotatable bonds is 4. The van der Waals surface area contributed by atoms with Crippen LogP contribution < -0.4 is 0 Å². The molecule has 0 bridgehead atoms. The van der Waals surface area contributed by atoms with E-state index in [2.05, 4.69) is 0 Å². The second-order valence-electron chi connectivity index (χ2n) is 6.62. The SMILES string of the molecule is CCCC(=O)N1CCC(O)CC1.COCC1CCC(F)(F)CC1. The lowest BCUT2D eigenvalue weighted by Crippen LogP contribution is -2.39. The number of piperidine rings is 1. The Balaban J connectivity index is 0.000000231. The number of amides is 1. The van der Waals surface area contributed by atoms with E-state index in [1.807, 2.05) is 11.8 Å². The first kappa shape index (κ1) is 20.3. The maximum absolute atomic E-state index is 12.6. The predicted molar refractivity (Wildman–Crippen MR) is 85.5 cm³/mol. The lowest BCUT2D eigenvalue weighted by atomic mass is 9.87. The van der Waals surface area contributed by atoms with E-state index in [1.54, 1.807) is 7.11 Å². The molecule has 0 aromatic carbocycles. The molecule has 0 spiro atoms. The number of likely N-dealkylation sites (tertiary alicyclic amines) is 1. The Kier molecular flexibility index (Phi) is 8.99. The molecule has 1 heterocycles. The number of alkyl halides is 2. The van der Waals surface area contributed by atoms with Crippen LogP contribution in [0.1, 0.15) is 58.3 Å². The molecule has 1 aliphatic carbocycles. The van der Waals surface area contributed by atoms with Crippen LogP contribution in [0, 0.1) is 5.92 Å². The quantitative estimate of drug-likeness (QED) is 0.858. The highest BCUT2D eigenvalue weighted by Crippen LogP contribution is 2.35. The van der Waals surface area contributed by atoms with Crippen molar-refractivity contribution >= 4 is 5.91 Å². The van der Waals surface area contributed by atoms with Crippen molar-refractivity contribution in [2.45, 2.75) is 70.3 Å². The van der Waals surface area contributed by atoms with Gasteiger partial charge in [-0.1, -0.05) is 6.92 Å². The summed E-state index contributed by atoms with van der Waals surface area (Å²) in [6.07, 6.45) is 4.18. The summed E-state index contributed by atoms with van der Waals surface area (Å²) in [6, 6.07) is 0. The predicted octanol–water partition coefficient (Wildman–Crippen LogP) is 3.23. The molecule has 1 aliphatic heterocycles. The standard InChI is InChI=1S/C9H17NO2.C8H14F2O/c1-2-3-9(12)10-6-4-8(11)5-7-10;1-11-6-7-2-4-8(9,10)5-3-7/h8,11H,2-7H2,1H3;7H,2-6H2,1H3. The van der Waals surface area contributed by atoms with Gasteiger partial charge in [-0.25, -0.2) is 8.78 Å². The molecule has 2 fully saturated rings. The molecule has 1 saturated heterocycles. The number of methoxy groups -OCH3 is 1. The van der Waals surface area contributed by atoms with Crippen LogP contribution in [-0.2, 0) is 9.53 Å². The van der Waals surface area contributed by atoms with Crippen molar-refractivity contribution in [2.24, 2.45) is 5.92 Å². The molecule has 2 aliphatic rings. The number of nitrogens with zero attached hydrogens (tertiary/aromatic N) is 1. The summed E-state index contributed by atoms with van der Waals surface area (Å²) in [5.74, 6) is -1.80. The lowest BCUT2D eigenvalue weighted by molar-refractivity contribution is -0.133. The van der Waals surface area contributed by atoms with Crippen molar-refractivity contribution in [2.75, 3.05) is 26.8 Å². The van der Waals surface area contributed by atoms with Crippen molar-refractivity contribution < 1.29 is 23.4 Å². The second-order valence-corrected chi connectivity index (χ2v) is 6.62. The number of aliphatic hydroxyl groups excluding tert-OH is 1. The molecule has 23 heavy (non-hydrogen) atoms. The molecule has 4 nitrogen and oxygen atoms in total. The molecular weight excluding hydrogens is 304 g/mol. The summed E-state index contributed by atoms with van der Waals surface area (Å²) < 4.78 is 30.1. The average molecular weight is 335 g/mol. The third-order valence-corrected chi connectivity index (χ3v) is 4.52. The summed E-state index contributed by atoms with van der Waals surface area (Å²) in [7, 11) is 1.62. The van der Waals surface area contributed by atoms with Crippen LogP contribution in [0.25, 0.3) is 0 Å². The zero-order valence-electron chi connectivity index (χ0n) is 14.4. The van der Waals surface area contributed by atoms with E-state index < -0.39 is 5.92 Å². The monoisotopic (exact) mass is 335 g/mol. The normalized spacial score (nSPS) is 22.4. The highest BCUT2D eigenvalue weighted by atomic mass is 19.3. The van der Waals surface area contributed by atoms with Gasteiger partial charge in [-0.15, -0.1) is 0 Å². The van der Waals surface area contributed by atoms with E-state index in [9.17, 15) is 18.7 Å². The Morgan fingerprint density at radius 2 is 1.78 bits per heavy atom. The number of carbonyl (C=O) groups is 1. The van der Waals surface area contributed by atoms with Crippen LogP contribution in [0.3, 0.4) is 0 Å². The highest BCUT2D eigenvalue weighted by molar-refractivity contribution is 5.76. The fourth-order valence-electron chi connectivity index (χ4n) is 2.99. The van der Waals surface area contributed by atoms with Gasteiger partial charge in [0.15, 0.2) is 0 Å². The van der Waals surface area contributed by atoms with Crippen LogP contribution in [0.5, 0.6) is 0 Å². The van der Waals surface area contributed by atoms with Gasteiger partial charge in [0.25, 0.3) is 0 Å². The van der Waals surface area contributed by atoms with E-state index in [0.29, 0.717) is 31.8 Å². The molecule has 0 radical (unpaired) electrons. The average Bonchev–Trinajstić information content (AvgIpc) is 2.51. The molecule has 6 heteroatoms. The van der Waals surface area contributed by atoms with Gasteiger partial charge in [0.05, 0.1) is 6.10 Å². The zero-order valence-corrected chi connectivity index (χ0v) is 14.4. The minimum Gasteiger partial charge on any atom is -0.393 e. The van der Waals surface area contributed by atoms with Crippen molar-refractivity contribution in [3.8, 4) is 0 Å². The van der Waals surface area contributed by atoms with Gasteiger partial charge in [0.1, 0.15) is 0 Å². The third kappa shape index (κ3) is 8.06. The van der Waals surface area contributed by atoms with Gasteiger partial charge in [-0.05, 0) is 38.0 Å². The van der Waals surface area contributed by atoms with Crippen LogP contribution in [-0.4, -0.2) is 54.7 Å². The van der Waals surface area contributed by atoms with Gasteiger partial charge in [-0.2, -0.15) is 0 Å². The minimum atomic E-state index is -2.40. The van der Waals surface area contributed by atoms with Crippen LogP contribution in [0.15, 0.2) is 0 Å². The molecule has 0 atom stereocenters. The van der Waals surface area contributed by atoms with Crippen molar-refractivity contribution in [3.05, 3.63) is 0 Å². The molecule has 2 rings (SSSR count). The Bertz CT molecular complexity index is 335. The topological polar surface area (TPSA) is 49.8 Å². The van der Waals surface area contributed by atoms with E-state index in [0.717, 1.165) is 32.4 Å². The number of hydrogen-bond acceptors (Lipinski definition) is 3. The number of ether oxygens (including phenoxy) is 1. The van der Waals surface area contributed by atoms with E-state index in [1.165, 1.54) is 0 Å². The molecule has 1 amide bonds. The van der Waals surface area contributed by atoms with E-state index in [-0.39, 0.29) is 24.9 Å². The summed E-state index contributed by atoms with van der Waals surface area (Å²) >= 11 is 0. The van der Waals surface area contributed by atoms with Crippen LogP contribution >= 0.6 is 0 Å². The molecule has 1 saturated carbocycles. The first-order valence-electron chi connectivity index (χ1n) is 8.70. The molecule has 136 valence electrons. The first-order valence-corrected chi connectivity index (χ1v) is 8.70. The molecule has 0 aromatic rings. The highest BCUT2D eigenvalue weighted by Gasteiger charge is 2.34. The Labute approximate surface area is 138 Å². The van der Waals surface area contributed by atoms with E-state index >= 15 is 0 Å². The van der Waals surface area contributed by atoms with Crippen molar-refractivity contribution in [1.82, 2.24) is 4.90 Å². The van der Waals surface area contributed by atoms with Gasteiger partial charge < -0.3 is 14.7 Å². The summed E-state index contributed by atoms with van der Waals surface area (Å²) in [5.41, 5.74) is 0. The maximum atomic E-state index is 12.6. The molecule has 1 N–H and O–H groups in total. The van der Waals surface area contributed by atoms with Gasteiger partial charge in [0, 0.05) is 46.1 Å². The van der Waals surface area contributed by atoms with E-state index in [4.69, 9.17) is 4.74 Å². The van der Waals surface area contributed by atoms with Crippen molar-refractivity contribution in [1.29, 1.82) is 0 Å². The summed E-state index contributed by atoms with van der Waals surface area (Å²) in [5, 5.41) is 9.20. The molecule has 0 unspecified atom stereocenters. The minimum absolute atomic E-state index is 0.0427. The van der Waals surface area contributed by atoms with Gasteiger partial charge in [-0.3, -0.25) is 4.79 Å². The molecular formula is C17H31F2NO3. The number of hydrogen-bond donors (Lipinski definition) is 1. The fraction of sp³-hybridized carbons (Fsp3) is 0.941. The number of carbonyl (C=O) groups excluding carboxylic acids is 1.